The second-order valence-corrected chi connectivity index (χ2v) is 6.54. The van der Waals surface area contributed by atoms with Crippen molar-refractivity contribution in [1.82, 2.24) is 10.3 Å². The van der Waals surface area contributed by atoms with Crippen LogP contribution in [0.25, 0.3) is 11.0 Å². The van der Waals surface area contributed by atoms with Gasteiger partial charge in [0, 0.05) is 28.8 Å². The van der Waals surface area contributed by atoms with Crippen molar-refractivity contribution in [3.8, 4) is 0 Å². The highest BCUT2D eigenvalue weighted by molar-refractivity contribution is 5.89. The van der Waals surface area contributed by atoms with Gasteiger partial charge in [-0.05, 0) is 50.5 Å². The number of carbonyl (C=O) groups is 1. The van der Waals surface area contributed by atoms with Crippen molar-refractivity contribution in [1.29, 1.82) is 0 Å². The number of benzene rings is 1. The van der Waals surface area contributed by atoms with Gasteiger partial charge in [-0.2, -0.15) is 0 Å². The Labute approximate surface area is 146 Å². The second-order valence-electron chi connectivity index (χ2n) is 6.54. The number of pyridine rings is 1. The maximum atomic E-state index is 12.3. The average Bonchev–Trinajstić information content (AvgIpc) is 2.93. The molecule has 1 aromatic carbocycles. The molecule has 0 saturated carbocycles. The topological polar surface area (TPSA) is 75.1 Å². The molecular formula is C20H22N2O3. The molecule has 130 valence electrons. The normalized spacial score (nSPS) is 11.0. The van der Waals surface area contributed by atoms with E-state index in [1.165, 1.54) is 0 Å². The van der Waals surface area contributed by atoms with Gasteiger partial charge in [0.2, 0.25) is 5.91 Å². The Morgan fingerprint density at radius 1 is 1.16 bits per heavy atom. The summed E-state index contributed by atoms with van der Waals surface area (Å²) >= 11 is 0. The molecule has 0 aliphatic rings. The quantitative estimate of drug-likeness (QED) is 0.767. The number of H-pyrrole nitrogens is 1. The third-order valence-electron chi connectivity index (χ3n) is 4.65. The summed E-state index contributed by atoms with van der Waals surface area (Å²) in [6, 6.07) is 5.92. The number of rotatable bonds is 4. The molecule has 0 fully saturated rings. The summed E-state index contributed by atoms with van der Waals surface area (Å²) < 4.78 is 5.64. The lowest BCUT2D eigenvalue weighted by Gasteiger charge is -2.08. The number of aryl methyl sites for hydroxylation is 4. The molecule has 25 heavy (non-hydrogen) atoms. The molecule has 0 spiro atoms. The Bertz CT molecular complexity index is 1010. The number of nitrogens with one attached hydrogen (secondary N) is 2. The molecule has 3 rings (SSSR count). The summed E-state index contributed by atoms with van der Waals surface area (Å²) in [5.74, 6) is -0.139. The van der Waals surface area contributed by atoms with E-state index in [1.54, 1.807) is 6.26 Å². The van der Waals surface area contributed by atoms with E-state index in [9.17, 15) is 9.59 Å². The Morgan fingerprint density at radius 2 is 1.92 bits per heavy atom. The van der Waals surface area contributed by atoms with Gasteiger partial charge in [-0.25, -0.2) is 0 Å². The van der Waals surface area contributed by atoms with E-state index < -0.39 is 0 Å². The van der Waals surface area contributed by atoms with E-state index in [0.29, 0.717) is 5.56 Å². The van der Waals surface area contributed by atoms with Crippen LogP contribution in [-0.2, 0) is 17.8 Å². The minimum Gasteiger partial charge on any atom is -0.464 e. The minimum absolute atomic E-state index is 0.139. The molecule has 1 amide bonds. The lowest BCUT2D eigenvalue weighted by Crippen LogP contribution is -2.28. The lowest BCUT2D eigenvalue weighted by atomic mass is 10.0. The van der Waals surface area contributed by atoms with Crippen molar-refractivity contribution in [2.45, 2.75) is 40.7 Å². The molecule has 2 N–H and O–H groups in total. The van der Waals surface area contributed by atoms with Gasteiger partial charge in [-0.1, -0.05) is 12.1 Å². The van der Waals surface area contributed by atoms with Crippen LogP contribution in [0.4, 0.5) is 0 Å². The molecule has 0 aliphatic heterocycles. The molecule has 0 radical (unpaired) electrons. The molecule has 0 unspecified atom stereocenters. The summed E-state index contributed by atoms with van der Waals surface area (Å²) in [7, 11) is 0. The minimum atomic E-state index is -0.155. The van der Waals surface area contributed by atoms with Gasteiger partial charge < -0.3 is 14.7 Å². The highest BCUT2D eigenvalue weighted by atomic mass is 16.3. The van der Waals surface area contributed by atoms with Crippen LogP contribution in [0.15, 0.2) is 33.7 Å². The summed E-state index contributed by atoms with van der Waals surface area (Å²) in [6.45, 7) is 7.97. The third kappa shape index (κ3) is 3.36. The first-order chi connectivity index (χ1) is 11.9. The highest BCUT2D eigenvalue weighted by Gasteiger charge is 2.13. The lowest BCUT2D eigenvalue weighted by molar-refractivity contribution is -0.120. The zero-order chi connectivity index (χ0) is 18.1. The van der Waals surface area contributed by atoms with Crippen LogP contribution in [-0.4, -0.2) is 10.9 Å². The van der Waals surface area contributed by atoms with Crippen molar-refractivity contribution < 1.29 is 9.21 Å². The number of amides is 1. The predicted octanol–water partition coefficient (Wildman–Crippen LogP) is 3.21. The number of hydrogen-bond donors (Lipinski definition) is 2. The average molecular weight is 338 g/mol. The molecule has 0 atom stereocenters. The van der Waals surface area contributed by atoms with Gasteiger partial charge in [0.1, 0.15) is 5.58 Å². The SMILES string of the molecule is Cc1cc(C)c(CNC(=O)Cc2coc3c(C)c(C)ccc23)c(=O)[nH]1. The Balaban J connectivity index is 1.74. The van der Waals surface area contributed by atoms with E-state index in [2.05, 4.69) is 10.3 Å². The standard InChI is InChI=1S/C20H22N2O3/c1-11-5-6-16-15(10-25-19(16)14(11)4)8-18(23)21-9-17-12(2)7-13(3)22-20(17)24/h5-7,10H,8-9H2,1-4H3,(H,21,23)(H,22,24). The fourth-order valence-corrected chi connectivity index (χ4v) is 3.05. The zero-order valence-electron chi connectivity index (χ0n) is 14.9. The fraction of sp³-hybridized carbons (Fsp3) is 0.300. The molecule has 0 bridgehead atoms. The van der Waals surface area contributed by atoms with Crippen LogP contribution in [0.3, 0.4) is 0 Å². The summed E-state index contributed by atoms with van der Waals surface area (Å²) in [4.78, 5) is 27.1. The first-order valence-electron chi connectivity index (χ1n) is 8.29. The van der Waals surface area contributed by atoms with Crippen molar-refractivity contribution in [3.05, 3.63) is 68.3 Å². The van der Waals surface area contributed by atoms with E-state index in [-0.39, 0.29) is 24.4 Å². The third-order valence-corrected chi connectivity index (χ3v) is 4.65. The van der Waals surface area contributed by atoms with Crippen molar-refractivity contribution in [2.24, 2.45) is 0 Å². The number of furan rings is 1. The predicted molar refractivity (Wildman–Crippen MR) is 97.8 cm³/mol. The summed E-state index contributed by atoms with van der Waals surface area (Å²) in [6.07, 6.45) is 1.86. The Hall–Kier alpha value is -2.82. The van der Waals surface area contributed by atoms with Gasteiger partial charge >= 0.3 is 0 Å². The second kappa shape index (κ2) is 6.59. The molecule has 2 heterocycles. The van der Waals surface area contributed by atoms with Crippen molar-refractivity contribution in [2.75, 3.05) is 0 Å². The van der Waals surface area contributed by atoms with E-state index in [4.69, 9.17) is 4.42 Å². The molecule has 0 saturated heterocycles. The number of aromatic nitrogens is 1. The number of fused-ring (bicyclic) bond motifs is 1. The van der Waals surface area contributed by atoms with Crippen molar-refractivity contribution >= 4 is 16.9 Å². The number of carbonyl (C=O) groups excluding carboxylic acids is 1. The van der Waals surface area contributed by atoms with E-state index >= 15 is 0 Å². The van der Waals surface area contributed by atoms with Crippen LogP contribution < -0.4 is 10.9 Å². The molecular weight excluding hydrogens is 316 g/mol. The molecule has 5 heteroatoms. The van der Waals surface area contributed by atoms with Gasteiger partial charge in [0.25, 0.3) is 5.56 Å². The van der Waals surface area contributed by atoms with Gasteiger partial charge in [-0.3, -0.25) is 9.59 Å². The van der Waals surface area contributed by atoms with Crippen LogP contribution in [0.2, 0.25) is 0 Å². The smallest absolute Gasteiger partial charge is 0.253 e. The van der Waals surface area contributed by atoms with Crippen LogP contribution >= 0.6 is 0 Å². The molecule has 2 aromatic heterocycles. The maximum absolute atomic E-state index is 12.3. The largest absolute Gasteiger partial charge is 0.464 e. The van der Waals surface area contributed by atoms with Gasteiger partial charge in [0.05, 0.1) is 12.7 Å². The van der Waals surface area contributed by atoms with Gasteiger partial charge in [0.15, 0.2) is 0 Å². The maximum Gasteiger partial charge on any atom is 0.253 e. The monoisotopic (exact) mass is 338 g/mol. The summed E-state index contributed by atoms with van der Waals surface area (Å²) in [5.41, 5.74) is 6.05. The zero-order valence-corrected chi connectivity index (χ0v) is 14.9. The molecule has 3 aromatic rings. The summed E-state index contributed by atoms with van der Waals surface area (Å²) in [5, 5.41) is 3.79. The van der Waals surface area contributed by atoms with Gasteiger partial charge in [-0.15, -0.1) is 0 Å². The fourth-order valence-electron chi connectivity index (χ4n) is 3.05. The van der Waals surface area contributed by atoms with E-state index in [0.717, 1.165) is 38.9 Å². The van der Waals surface area contributed by atoms with Crippen LogP contribution in [0, 0.1) is 27.7 Å². The Morgan fingerprint density at radius 3 is 2.64 bits per heavy atom. The first-order valence-corrected chi connectivity index (χ1v) is 8.29. The van der Waals surface area contributed by atoms with Crippen LogP contribution in [0.5, 0.6) is 0 Å². The van der Waals surface area contributed by atoms with Crippen molar-refractivity contribution in [3.63, 3.8) is 0 Å². The number of hydrogen-bond acceptors (Lipinski definition) is 3. The Kier molecular flexibility index (Phi) is 4.49. The number of aromatic amines is 1. The molecule has 5 nitrogen and oxygen atoms in total. The molecule has 0 aliphatic carbocycles. The van der Waals surface area contributed by atoms with E-state index in [1.807, 2.05) is 45.9 Å². The highest BCUT2D eigenvalue weighted by Crippen LogP contribution is 2.26. The first kappa shape index (κ1) is 17.0. The van der Waals surface area contributed by atoms with Crippen LogP contribution in [0.1, 0.15) is 33.5 Å².